The van der Waals surface area contributed by atoms with E-state index in [0.29, 0.717) is 11.0 Å². The number of aromatic amines is 2. The van der Waals surface area contributed by atoms with Crippen molar-refractivity contribution in [1.29, 1.82) is 0 Å². The first kappa shape index (κ1) is 14.5. The highest BCUT2D eigenvalue weighted by atomic mass is 16.1. The molecule has 0 unspecified atom stereocenters. The van der Waals surface area contributed by atoms with Crippen LogP contribution in [0.3, 0.4) is 0 Å². The molecule has 0 aliphatic heterocycles. The summed E-state index contributed by atoms with van der Waals surface area (Å²) >= 11 is 0. The van der Waals surface area contributed by atoms with Gasteiger partial charge >= 0.3 is 0 Å². The van der Waals surface area contributed by atoms with Gasteiger partial charge in [0.1, 0.15) is 0 Å². The topological polar surface area (TPSA) is 99.9 Å². The van der Waals surface area contributed by atoms with Gasteiger partial charge in [0.2, 0.25) is 0 Å². The quantitative estimate of drug-likeness (QED) is 0.419. The third-order valence-electron chi connectivity index (χ3n) is 4.70. The summed E-state index contributed by atoms with van der Waals surface area (Å²) in [5.74, 6) is 0. The summed E-state index contributed by atoms with van der Waals surface area (Å²) in [5, 5.41) is -0.423. The Bertz CT molecular complexity index is 1490. The first-order valence-electron chi connectivity index (χ1n) is 7.96. The predicted molar refractivity (Wildman–Crippen MR) is 101 cm³/mol. The third kappa shape index (κ3) is 1.81. The molecule has 0 spiro atoms. The van der Waals surface area contributed by atoms with Crippen LogP contribution < -0.4 is 21.7 Å². The van der Waals surface area contributed by atoms with Gasteiger partial charge in [-0.15, -0.1) is 0 Å². The Hall–Kier alpha value is -3.80. The summed E-state index contributed by atoms with van der Waals surface area (Å²) in [6, 6.07) is 12.7. The second-order valence-electron chi connectivity index (χ2n) is 6.21. The molecule has 124 valence electrons. The smallest absolute Gasteiger partial charge is 0.198 e. The summed E-state index contributed by atoms with van der Waals surface area (Å²) in [6.07, 6.45) is 0. The lowest BCUT2D eigenvalue weighted by atomic mass is 10.0. The molecule has 0 amide bonds. The monoisotopic (exact) mass is 342 g/mol. The SMILES string of the molecule is O=c1ccc(=O)c2c(=O)c3cc4[nH]c5ccccc5[nH]c4cc3c(=O)c12. The number of nitrogens with one attached hydrogen (secondary N) is 2. The molecular weight excluding hydrogens is 332 g/mol. The number of hydrogen-bond donors (Lipinski definition) is 2. The average Bonchev–Trinajstić information content (AvgIpc) is 2.65. The molecule has 0 fully saturated rings. The van der Waals surface area contributed by atoms with E-state index in [0.717, 1.165) is 23.2 Å². The summed E-state index contributed by atoms with van der Waals surface area (Å²) in [4.78, 5) is 56.2. The zero-order valence-electron chi connectivity index (χ0n) is 13.3. The van der Waals surface area contributed by atoms with E-state index < -0.39 is 21.7 Å². The van der Waals surface area contributed by atoms with Gasteiger partial charge in [0.15, 0.2) is 21.7 Å². The molecule has 0 atom stereocenters. The van der Waals surface area contributed by atoms with Gasteiger partial charge in [0.25, 0.3) is 0 Å². The van der Waals surface area contributed by atoms with Gasteiger partial charge in [0, 0.05) is 10.8 Å². The number of H-pyrrole nitrogens is 2. The molecule has 5 aromatic rings. The van der Waals surface area contributed by atoms with Crippen molar-refractivity contribution in [2.45, 2.75) is 0 Å². The normalized spacial score (nSPS) is 11.7. The fraction of sp³-hybridized carbons (Fsp3) is 0. The van der Waals surface area contributed by atoms with Crippen molar-refractivity contribution in [3.05, 3.63) is 89.4 Å². The Balaban J connectivity index is 2.10. The number of aromatic nitrogens is 2. The molecular formula is C20H10N2O4. The Morgan fingerprint density at radius 3 is 1.38 bits per heavy atom. The van der Waals surface area contributed by atoms with Crippen LogP contribution in [0.4, 0.5) is 0 Å². The van der Waals surface area contributed by atoms with Gasteiger partial charge in [-0.25, -0.2) is 0 Å². The van der Waals surface area contributed by atoms with Gasteiger partial charge in [0.05, 0.1) is 32.8 Å². The Labute approximate surface area is 143 Å². The van der Waals surface area contributed by atoms with Gasteiger partial charge in [-0.2, -0.15) is 0 Å². The Morgan fingerprint density at radius 2 is 0.962 bits per heavy atom. The molecule has 5 rings (SSSR count). The molecule has 0 saturated heterocycles. The summed E-state index contributed by atoms with van der Waals surface area (Å²) in [6.45, 7) is 0. The van der Waals surface area contributed by atoms with Gasteiger partial charge in [-0.05, 0) is 36.4 Å². The van der Waals surface area contributed by atoms with Gasteiger partial charge in [-0.3, -0.25) is 19.2 Å². The standard InChI is InChI=1S/C20H10N2O4/c23-15-5-6-16(24)18-17(15)19(25)9-7-13-14(8-10(9)20(18)26)22-12-4-2-1-3-11(12)21-13/h1-8,21-22H. The van der Waals surface area contributed by atoms with Crippen molar-refractivity contribution in [3.8, 4) is 0 Å². The van der Waals surface area contributed by atoms with Gasteiger partial charge in [-0.1, -0.05) is 12.1 Å². The summed E-state index contributed by atoms with van der Waals surface area (Å²) in [5.41, 5.74) is 0.496. The van der Waals surface area contributed by atoms with Crippen LogP contribution in [-0.4, -0.2) is 9.97 Å². The summed E-state index contributed by atoms with van der Waals surface area (Å²) in [7, 11) is 0. The lowest BCUT2D eigenvalue weighted by Crippen LogP contribution is -2.25. The Morgan fingerprint density at radius 1 is 0.538 bits per heavy atom. The average molecular weight is 342 g/mol. The summed E-state index contributed by atoms with van der Waals surface area (Å²) < 4.78 is 0. The zero-order valence-corrected chi connectivity index (χ0v) is 13.3. The molecule has 0 radical (unpaired) electrons. The molecule has 4 aromatic carbocycles. The molecule has 0 aliphatic carbocycles. The van der Waals surface area contributed by atoms with E-state index in [4.69, 9.17) is 0 Å². The van der Waals surface area contributed by atoms with Crippen LogP contribution >= 0.6 is 0 Å². The highest BCUT2D eigenvalue weighted by molar-refractivity contribution is 6.03. The first-order chi connectivity index (χ1) is 12.5. The van der Waals surface area contributed by atoms with E-state index in [1.54, 1.807) is 12.1 Å². The fourth-order valence-electron chi connectivity index (χ4n) is 3.46. The van der Waals surface area contributed by atoms with E-state index in [1.165, 1.54) is 0 Å². The molecule has 6 nitrogen and oxygen atoms in total. The minimum atomic E-state index is -0.613. The van der Waals surface area contributed by atoms with Crippen molar-refractivity contribution >= 4 is 43.6 Å². The van der Waals surface area contributed by atoms with Gasteiger partial charge < -0.3 is 9.97 Å². The van der Waals surface area contributed by atoms with E-state index in [1.807, 2.05) is 24.3 Å². The molecule has 0 aliphatic rings. The maximum Gasteiger partial charge on any atom is 0.198 e. The molecule has 26 heavy (non-hydrogen) atoms. The van der Waals surface area contributed by atoms with E-state index in [2.05, 4.69) is 9.97 Å². The molecule has 1 heterocycles. The predicted octanol–water partition coefficient (Wildman–Crippen LogP) is 1.83. The van der Waals surface area contributed by atoms with Crippen LogP contribution in [0.1, 0.15) is 0 Å². The molecule has 0 saturated carbocycles. The fourth-order valence-corrected chi connectivity index (χ4v) is 3.46. The van der Waals surface area contributed by atoms with Crippen LogP contribution in [0, 0.1) is 0 Å². The molecule has 6 heteroatoms. The van der Waals surface area contributed by atoms with Crippen molar-refractivity contribution < 1.29 is 0 Å². The van der Waals surface area contributed by atoms with Crippen molar-refractivity contribution in [2.75, 3.05) is 0 Å². The largest absolute Gasteiger partial charge is 0.352 e. The van der Waals surface area contributed by atoms with Crippen LogP contribution in [0.25, 0.3) is 43.6 Å². The van der Waals surface area contributed by atoms with Crippen molar-refractivity contribution in [2.24, 2.45) is 0 Å². The van der Waals surface area contributed by atoms with Crippen LogP contribution in [-0.2, 0) is 0 Å². The minimum Gasteiger partial charge on any atom is -0.352 e. The second kappa shape index (κ2) is 4.86. The minimum absolute atomic E-state index is 0.123. The Kier molecular flexibility index (Phi) is 2.72. The van der Waals surface area contributed by atoms with Crippen LogP contribution in [0.15, 0.2) is 67.7 Å². The lowest BCUT2D eigenvalue weighted by Gasteiger charge is -2.06. The highest BCUT2D eigenvalue weighted by Crippen LogP contribution is 2.20. The number of fused-ring (bicyclic) bond motifs is 4. The molecule has 1 aromatic heterocycles. The third-order valence-corrected chi connectivity index (χ3v) is 4.70. The van der Waals surface area contributed by atoms with Crippen LogP contribution in [0.5, 0.6) is 0 Å². The van der Waals surface area contributed by atoms with Crippen LogP contribution in [0.2, 0.25) is 0 Å². The molecule has 2 N–H and O–H groups in total. The number of para-hydroxylation sites is 2. The van der Waals surface area contributed by atoms with E-state index >= 15 is 0 Å². The maximum absolute atomic E-state index is 12.8. The highest BCUT2D eigenvalue weighted by Gasteiger charge is 2.16. The van der Waals surface area contributed by atoms with Crippen molar-refractivity contribution in [3.63, 3.8) is 0 Å². The maximum atomic E-state index is 12.8. The number of rotatable bonds is 0. The van der Waals surface area contributed by atoms with Crippen molar-refractivity contribution in [1.82, 2.24) is 9.97 Å². The molecule has 0 bridgehead atoms. The first-order valence-corrected chi connectivity index (χ1v) is 7.96. The zero-order chi connectivity index (χ0) is 18.0. The van der Waals surface area contributed by atoms with E-state index in [9.17, 15) is 19.2 Å². The second-order valence-corrected chi connectivity index (χ2v) is 6.21. The number of hydrogen-bond acceptors (Lipinski definition) is 4. The van der Waals surface area contributed by atoms with E-state index in [-0.39, 0.29) is 21.5 Å². The number of benzene rings is 4. The lowest BCUT2D eigenvalue weighted by molar-refractivity contribution is 1.40.